The summed E-state index contributed by atoms with van der Waals surface area (Å²) in [5.74, 6) is 0. The molecule has 0 amide bonds. The maximum absolute atomic E-state index is 5.43. The largest absolute Gasteiger partial charge is 0.378 e. The second-order valence-electron chi connectivity index (χ2n) is 4.98. The van der Waals surface area contributed by atoms with E-state index in [9.17, 15) is 0 Å². The van der Waals surface area contributed by atoms with E-state index >= 15 is 0 Å². The molecular formula is C16H20N2OS. The van der Waals surface area contributed by atoms with Crippen LogP contribution in [0.25, 0.3) is 0 Å². The Morgan fingerprint density at radius 3 is 2.70 bits per heavy atom. The van der Waals surface area contributed by atoms with E-state index in [-0.39, 0.29) is 0 Å². The molecule has 106 valence electrons. The van der Waals surface area contributed by atoms with Crippen LogP contribution in [0.4, 0.5) is 11.4 Å². The third-order valence-corrected chi connectivity index (χ3v) is 4.51. The van der Waals surface area contributed by atoms with E-state index in [1.807, 2.05) is 11.3 Å². The first-order chi connectivity index (χ1) is 9.83. The number of hydrogen-bond donors (Lipinski definition) is 1. The predicted octanol–water partition coefficient (Wildman–Crippen LogP) is 3.51. The van der Waals surface area contributed by atoms with Gasteiger partial charge in [-0.25, -0.2) is 0 Å². The third-order valence-electron chi connectivity index (χ3n) is 3.50. The van der Waals surface area contributed by atoms with Gasteiger partial charge in [-0.15, -0.1) is 11.3 Å². The van der Waals surface area contributed by atoms with E-state index in [4.69, 9.17) is 4.74 Å². The van der Waals surface area contributed by atoms with E-state index in [1.54, 1.807) is 0 Å². The molecule has 4 heteroatoms. The summed E-state index contributed by atoms with van der Waals surface area (Å²) in [6.07, 6.45) is 0. The molecule has 2 aromatic rings. The van der Waals surface area contributed by atoms with Crippen molar-refractivity contribution in [3.63, 3.8) is 0 Å². The van der Waals surface area contributed by atoms with Crippen LogP contribution in [0.5, 0.6) is 0 Å². The van der Waals surface area contributed by atoms with Crippen LogP contribution < -0.4 is 10.2 Å². The number of anilines is 2. The van der Waals surface area contributed by atoms with Crippen molar-refractivity contribution in [3.05, 3.63) is 46.2 Å². The van der Waals surface area contributed by atoms with Gasteiger partial charge in [0.2, 0.25) is 0 Å². The Balaban J connectivity index is 1.72. The van der Waals surface area contributed by atoms with E-state index in [1.165, 1.54) is 21.1 Å². The highest BCUT2D eigenvalue weighted by Gasteiger charge is 2.14. The lowest BCUT2D eigenvalue weighted by Gasteiger charge is -2.30. The van der Waals surface area contributed by atoms with Crippen LogP contribution in [0.15, 0.2) is 36.4 Å². The highest BCUT2D eigenvalue weighted by atomic mass is 32.1. The van der Waals surface area contributed by atoms with Crippen LogP contribution in [0.2, 0.25) is 0 Å². The fourth-order valence-electron chi connectivity index (χ4n) is 2.47. The average Bonchev–Trinajstić information content (AvgIpc) is 2.92. The molecule has 1 fully saturated rings. The summed E-state index contributed by atoms with van der Waals surface area (Å²) in [5.41, 5.74) is 2.49. The van der Waals surface area contributed by atoms with Gasteiger partial charge in [0.25, 0.3) is 0 Å². The average molecular weight is 288 g/mol. The standard InChI is InChI=1S/C16H20N2OS/c1-13-6-7-14(20-13)12-17-15-4-2-3-5-16(15)18-8-10-19-11-9-18/h2-7,17H,8-12H2,1H3. The summed E-state index contributed by atoms with van der Waals surface area (Å²) in [7, 11) is 0. The van der Waals surface area contributed by atoms with Crippen molar-refractivity contribution in [2.24, 2.45) is 0 Å². The summed E-state index contributed by atoms with van der Waals surface area (Å²) >= 11 is 1.85. The number of nitrogens with zero attached hydrogens (tertiary/aromatic N) is 1. The number of rotatable bonds is 4. The normalized spacial score (nSPS) is 15.3. The monoisotopic (exact) mass is 288 g/mol. The summed E-state index contributed by atoms with van der Waals surface area (Å²) in [6, 6.07) is 12.9. The SMILES string of the molecule is Cc1ccc(CNc2ccccc2N2CCOCC2)s1. The first-order valence-corrected chi connectivity index (χ1v) is 7.85. The zero-order valence-corrected chi connectivity index (χ0v) is 12.6. The smallest absolute Gasteiger partial charge is 0.0642 e. The minimum absolute atomic E-state index is 0.818. The molecule has 1 aliphatic rings. The van der Waals surface area contributed by atoms with Gasteiger partial charge in [-0.05, 0) is 31.2 Å². The molecule has 1 aromatic carbocycles. The predicted molar refractivity (Wildman–Crippen MR) is 85.9 cm³/mol. The van der Waals surface area contributed by atoms with Crippen LogP contribution >= 0.6 is 11.3 Å². The first-order valence-electron chi connectivity index (χ1n) is 7.04. The summed E-state index contributed by atoms with van der Waals surface area (Å²) in [5, 5.41) is 3.57. The van der Waals surface area contributed by atoms with Gasteiger partial charge < -0.3 is 15.0 Å². The molecular weight excluding hydrogens is 268 g/mol. The number of nitrogens with one attached hydrogen (secondary N) is 1. The molecule has 1 saturated heterocycles. The van der Waals surface area contributed by atoms with Crippen LogP contribution in [0.1, 0.15) is 9.75 Å². The quantitative estimate of drug-likeness (QED) is 0.932. The highest BCUT2D eigenvalue weighted by Crippen LogP contribution is 2.27. The molecule has 1 N–H and O–H groups in total. The molecule has 3 rings (SSSR count). The van der Waals surface area contributed by atoms with Crippen LogP contribution in [-0.2, 0) is 11.3 Å². The van der Waals surface area contributed by atoms with Crippen molar-refractivity contribution in [1.29, 1.82) is 0 Å². The number of hydrogen-bond acceptors (Lipinski definition) is 4. The van der Waals surface area contributed by atoms with E-state index in [2.05, 4.69) is 53.5 Å². The minimum atomic E-state index is 0.818. The van der Waals surface area contributed by atoms with Gasteiger partial charge in [0.1, 0.15) is 0 Å². The van der Waals surface area contributed by atoms with Crippen LogP contribution in [0, 0.1) is 6.92 Å². The highest BCUT2D eigenvalue weighted by molar-refractivity contribution is 7.11. The van der Waals surface area contributed by atoms with Crippen molar-refractivity contribution in [2.75, 3.05) is 36.5 Å². The lowest BCUT2D eigenvalue weighted by Crippen LogP contribution is -2.36. The van der Waals surface area contributed by atoms with Crippen molar-refractivity contribution < 1.29 is 4.74 Å². The van der Waals surface area contributed by atoms with Gasteiger partial charge in [0.05, 0.1) is 24.6 Å². The summed E-state index contributed by atoms with van der Waals surface area (Å²) in [4.78, 5) is 5.13. The minimum Gasteiger partial charge on any atom is -0.378 e. The van der Waals surface area contributed by atoms with E-state index in [0.717, 1.165) is 32.8 Å². The Labute approximate surface area is 124 Å². The molecule has 0 radical (unpaired) electrons. The van der Waals surface area contributed by atoms with Crippen LogP contribution in [-0.4, -0.2) is 26.3 Å². The molecule has 20 heavy (non-hydrogen) atoms. The Morgan fingerprint density at radius 2 is 1.95 bits per heavy atom. The molecule has 0 atom stereocenters. The van der Waals surface area contributed by atoms with Gasteiger partial charge >= 0.3 is 0 Å². The molecule has 0 aliphatic carbocycles. The molecule has 0 bridgehead atoms. The number of ether oxygens (including phenoxy) is 1. The zero-order chi connectivity index (χ0) is 13.8. The third kappa shape index (κ3) is 3.14. The maximum atomic E-state index is 5.43. The van der Waals surface area contributed by atoms with E-state index in [0.29, 0.717) is 0 Å². The summed E-state index contributed by atoms with van der Waals surface area (Å²) in [6.45, 7) is 6.61. The molecule has 1 aliphatic heterocycles. The Hall–Kier alpha value is -1.52. The number of thiophene rings is 1. The first kappa shape index (κ1) is 13.5. The maximum Gasteiger partial charge on any atom is 0.0642 e. The van der Waals surface area contributed by atoms with Crippen molar-refractivity contribution >= 4 is 22.7 Å². The fourth-order valence-corrected chi connectivity index (χ4v) is 3.30. The second kappa shape index (κ2) is 6.29. The zero-order valence-electron chi connectivity index (χ0n) is 11.8. The van der Waals surface area contributed by atoms with Crippen molar-refractivity contribution in [3.8, 4) is 0 Å². The van der Waals surface area contributed by atoms with Gasteiger partial charge in [0.15, 0.2) is 0 Å². The molecule has 0 unspecified atom stereocenters. The topological polar surface area (TPSA) is 24.5 Å². The van der Waals surface area contributed by atoms with Gasteiger partial charge in [0, 0.05) is 29.4 Å². The van der Waals surface area contributed by atoms with Gasteiger partial charge in [-0.3, -0.25) is 0 Å². The lowest BCUT2D eigenvalue weighted by molar-refractivity contribution is 0.123. The van der Waals surface area contributed by atoms with Crippen LogP contribution in [0.3, 0.4) is 0 Å². The van der Waals surface area contributed by atoms with E-state index < -0.39 is 0 Å². The number of benzene rings is 1. The molecule has 0 spiro atoms. The second-order valence-corrected chi connectivity index (χ2v) is 6.35. The molecule has 3 nitrogen and oxygen atoms in total. The Morgan fingerprint density at radius 1 is 1.15 bits per heavy atom. The summed E-state index contributed by atoms with van der Waals surface area (Å²) < 4.78 is 5.43. The fraction of sp³-hybridized carbons (Fsp3) is 0.375. The Bertz CT molecular complexity index is 561. The number of morpholine rings is 1. The van der Waals surface area contributed by atoms with Gasteiger partial charge in [-0.1, -0.05) is 12.1 Å². The van der Waals surface area contributed by atoms with Gasteiger partial charge in [-0.2, -0.15) is 0 Å². The van der Waals surface area contributed by atoms with Crippen molar-refractivity contribution in [1.82, 2.24) is 0 Å². The Kier molecular flexibility index (Phi) is 4.23. The molecule has 0 saturated carbocycles. The molecule has 2 heterocycles. The molecule has 1 aromatic heterocycles. The number of para-hydroxylation sites is 2. The van der Waals surface area contributed by atoms with Crippen molar-refractivity contribution in [2.45, 2.75) is 13.5 Å². The lowest BCUT2D eigenvalue weighted by atomic mass is 10.2. The number of aryl methyl sites for hydroxylation is 1.